The zero-order valence-corrected chi connectivity index (χ0v) is 19.5. The molecular formula is C24H30N6O3. The van der Waals surface area contributed by atoms with Crippen LogP contribution >= 0.6 is 0 Å². The van der Waals surface area contributed by atoms with E-state index in [2.05, 4.69) is 20.8 Å². The van der Waals surface area contributed by atoms with E-state index in [1.165, 1.54) is 0 Å². The topological polar surface area (TPSA) is 104 Å². The van der Waals surface area contributed by atoms with Gasteiger partial charge in [-0.15, -0.1) is 0 Å². The number of urea groups is 1. The summed E-state index contributed by atoms with van der Waals surface area (Å²) in [7, 11) is 5.63. The predicted octanol–water partition coefficient (Wildman–Crippen LogP) is 3.04. The molecule has 9 heteroatoms. The molecule has 0 bridgehead atoms. The first-order chi connectivity index (χ1) is 15.8. The van der Waals surface area contributed by atoms with Gasteiger partial charge in [0.15, 0.2) is 5.82 Å². The molecule has 9 nitrogen and oxygen atoms in total. The average molecular weight is 451 g/mol. The van der Waals surface area contributed by atoms with E-state index in [1.54, 1.807) is 36.2 Å². The van der Waals surface area contributed by atoms with E-state index in [0.29, 0.717) is 36.8 Å². The number of benzene rings is 2. The van der Waals surface area contributed by atoms with E-state index in [9.17, 15) is 9.59 Å². The van der Waals surface area contributed by atoms with Crippen LogP contribution in [0, 0.1) is 6.92 Å². The second kappa shape index (κ2) is 11.2. The average Bonchev–Trinajstić information content (AvgIpc) is 3.26. The van der Waals surface area contributed by atoms with Crippen LogP contribution in [0.5, 0.6) is 0 Å². The van der Waals surface area contributed by atoms with Crippen molar-refractivity contribution in [3.8, 4) is 11.5 Å². The Morgan fingerprint density at radius 2 is 1.79 bits per heavy atom. The van der Waals surface area contributed by atoms with E-state index >= 15 is 0 Å². The third-order valence-electron chi connectivity index (χ3n) is 4.99. The fraction of sp³-hybridized carbons (Fsp3) is 0.333. The van der Waals surface area contributed by atoms with Gasteiger partial charge in [0.1, 0.15) is 0 Å². The number of nitrogens with one attached hydrogen (secondary N) is 2. The van der Waals surface area contributed by atoms with E-state index in [4.69, 9.17) is 4.52 Å². The van der Waals surface area contributed by atoms with Crippen molar-refractivity contribution in [1.29, 1.82) is 0 Å². The second-order valence-corrected chi connectivity index (χ2v) is 8.12. The van der Waals surface area contributed by atoms with Gasteiger partial charge in [-0.25, -0.2) is 4.79 Å². The third-order valence-corrected chi connectivity index (χ3v) is 4.99. The molecule has 0 fully saturated rings. The summed E-state index contributed by atoms with van der Waals surface area (Å²) in [5, 5.41) is 9.75. The lowest BCUT2D eigenvalue weighted by atomic mass is 10.1. The van der Waals surface area contributed by atoms with Gasteiger partial charge in [-0.05, 0) is 63.0 Å². The lowest BCUT2D eigenvalue weighted by Gasteiger charge is -2.17. The van der Waals surface area contributed by atoms with Crippen molar-refractivity contribution in [3.05, 3.63) is 65.5 Å². The van der Waals surface area contributed by atoms with Crippen LogP contribution in [0.2, 0.25) is 0 Å². The maximum atomic E-state index is 12.4. The SMILES string of the molecule is Cc1cccc(NC(=O)N(C)CCc2noc(-c3ccc(C(=O)NCCN(C)C)cc3)n2)c1. The van der Waals surface area contributed by atoms with Gasteiger partial charge < -0.3 is 25.0 Å². The van der Waals surface area contributed by atoms with Crippen molar-refractivity contribution in [2.24, 2.45) is 0 Å². The van der Waals surface area contributed by atoms with Gasteiger partial charge in [-0.3, -0.25) is 4.79 Å². The van der Waals surface area contributed by atoms with Crippen molar-refractivity contribution in [2.75, 3.05) is 46.1 Å². The minimum atomic E-state index is -0.205. The highest BCUT2D eigenvalue weighted by molar-refractivity contribution is 5.94. The van der Waals surface area contributed by atoms with Gasteiger partial charge in [0.2, 0.25) is 0 Å². The lowest BCUT2D eigenvalue weighted by molar-refractivity contribution is 0.0951. The summed E-state index contributed by atoms with van der Waals surface area (Å²) < 4.78 is 5.36. The quantitative estimate of drug-likeness (QED) is 0.519. The smallest absolute Gasteiger partial charge is 0.321 e. The van der Waals surface area contributed by atoms with E-state index in [-0.39, 0.29) is 11.9 Å². The molecule has 0 saturated heterocycles. The van der Waals surface area contributed by atoms with Crippen LogP contribution in [0.1, 0.15) is 21.7 Å². The van der Waals surface area contributed by atoms with Crippen molar-refractivity contribution < 1.29 is 14.1 Å². The molecule has 174 valence electrons. The maximum Gasteiger partial charge on any atom is 0.321 e. The fourth-order valence-corrected chi connectivity index (χ4v) is 3.04. The summed E-state index contributed by atoms with van der Waals surface area (Å²) in [5.74, 6) is 0.753. The molecule has 3 rings (SSSR count). The number of aromatic nitrogens is 2. The molecular weight excluding hydrogens is 420 g/mol. The number of nitrogens with zero attached hydrogens (tertiary/aromatic N) is 4. The normalized spacial score (nSPS) is 10.8. The first-order valence-corrected chi connectivity index (χ1v) is 10.8. The Balaban J connectivity index is 1.51. The number of carbonyl (C=O) groups excluding carboxylic acids is 2. The number of likely N-dealkylation sites (N-methyl/N-ethyl adjacent to an activating group) is 2. The summed E-state index contributed by atoms with van der Waals surface area (Å²) in [6.45, 7) is 3.76. The van der Waals surface area contributed by atoms with Crippen LogP contribution in [0.4, 0.5) is 10.5 Å². The number of amides is 3. The molecule has 0 saturated carbocycles. The molecule has 33 heavy (non-hydrogen) atoms. The van der Waals surface area contributed by atoms with E-state index < -0.39 is 0 Å². The minimum absolute atomic E-state index is 0.124. The van der Waals surface area contributed by atoms with Gasteiger partial charge in [-0.2, -0.15) is 4.98 Å². The van der Waals surface area contributed by atoms with Gasteiger partial charge in [0.05, 0.1) is 0 Å². The first-order valence-electron chi connectivity index (χ1n) is 10.8. The Bertz CT molecular complexity index is 1080. The molecule has 2 aromatic carbocycles. The number of rotatable bonds is 9. The van der Waals surface area contributed by atoms with Crippen molar-refractivity contribution >= 4 is 17.6 Å². The largest absolute Gasteiger partial charge is 0.351 e. The number of carbonyl (C=O) groups is 2. The molecule has 1 heterocycles. The highest BCUT2D eigenvalue weighted by Crippen LogP contribution is 2.18. The van der Waals surface area contributed by atoms with E-state index in [1.807, 2.05) is 50.2 Å². The highest BCUT2D eigenvalue weighted by Gasteiger charge is 2.14. The van der Waals surface area contributed by atoms with Crippen LogP contribution < -0.4 is 10.6 Å². The van der Waals surface area contributed by atoms with Crippen molar-refractivity contribution in [3.63, 3.8) is 0 Å². The molecule has 0 aliphatic rings. The summed E-state index contributed by atoms with van der Waals surface area (Å²) >= 11 is 0. The molecule has 2 N–H and O–H groups in total. The summed E-state index contributed by atoms with van der Waals surface area (Å²) in [6, 6.07) is 14.4. The van der Waals surface area contributed by atoms with Gasteiger partial charge >= 0.3 is 6.03 Å². The molecule has 1 aromatic heterocycles. The van der Waals surface area contributed by atoms with Crippen molar-refractivity contribution in [1.82, 2.24) is 25.3 Å². The van der Waals surface area contributed by atoms with Gasteiger partial charge in [0.25, 0.3) is 11.8 Å². The molecule has 0 aliphatic heterocycles. The number of aryl methyl sites for hydroxylation is 1. The second-order valence-electron chi connectivity index (χ2n) is 8.12. The van der Waals surface area contributed by atoms with Gasteiger partial charge in [-0.1, -0.05) is 17.3 Å². The van der Waals surface area contributed by atoms with E-state index in [0.717, 1.165) is 23.4 Å². The maximum absolute atomic E-state index is 12.4. The zero-order valence-electron chi connectivity index (χ0n) is 19.5. The fourth-order valence-electron chi connectivity index (χ4n) is 3.04. The summed E-state index contributed by atoms with van der Waals surface area (Å²) in [4.78, 5) is 32.6. The number of anilines is 1. The Labute approximate surface area is 193 Å². The van der Waals surface area contributed by atoms with Crippen LogP contribution in [0.3, 0.4) is 0 Å². The molecule has 0 radical (unpaired) electrons. The standard InChI is InChI=1S/C24H30N6O3/c1-17-6-5-7-20(16-17)26-24(32)30(4)14-12-21-27-23(33-28-21)19-10-8-18(9-11-19)22(31)25-13-15-29(2)3/h5-11,16H,12-15H2,1-4H3,(H,25,31)(H,26,32). The molecule has 0 aliphatic carbocycles. The predicted molar refractivity (Wildman–Crippen MR) is 127 cm³/mol. The van der Waals surface area contributed by atoms with Crippen LogP contribution in [-0.4, -0.2) is 72.7 Å². The minimum Gasteiger partial charge on any atom is -0.351 e. The monoisotopic (exact) mass is 450 g/mol. The molecule has 3 amide bonds. The number of hydrogen-bond acceptors (Lipinski definition) is 6. The Kier molecular flexibility index (Phi) is 8.15. The van der Waals surface area contributed by atoms with Crippen molar-refractivity contribution in [2.45, 2.75) is 13.3 Å². The highest BCUT2D eigenvalue weighted by atomic mass is 16.5. The Morgan fingerprint density at radius 1 is 1.03 bits per heavy atom. The van der Waals surface area contributed by atoms with Crippen LogP contribution in [-0.2, 0) is 6.42 Å². The van der Waals surface area contributed by atoms with Crippen LogP contribution in [0.15, 0.2) is 53.1 Å². The molecule has 0 unspecified atom stereocenters. The number of hydrogen-bond donors (Lipinski definition) is 2. The summed E-state index contributed by atoms with van der Waals surface area (Å²) in [6.07, 6.45) is 0.452. The lowest BCUT2D eigenvalue weighted by Crippen LogP contribution is -2.33. The third kappa shape index (κ3) is 7.15. The summed E-state index contributed by atoms with van der Waals surface area (Å²) in [5.41, 5.74) is 3.12. The van der Waals surface area contributed by atoms with Crippen LogP contribution in [0.25, 0.3) is 11.5 Å². The zero-order chi connectivity index (χ0) is 23.8. The Morgan fingerprint density at radius 3 is 2.48 bits per heavy atom. The first kappa shape index (κ1) is 23.9. The molecule has 3 aromatic rings. The molecule has 0 atom stereocenters. The Hall–Kier alpha value is -3.72. The van der Waals surface area contributed by atoms with Gasteiger partial charge in [0, 0.05) is 49.9 Å². The molecule has 0 spiro atoms.